The molecule has 190 valence electrons. The van der Waals surface area contributed by atoms with Crippen molar-refractivity contribution in [3.63, 3.8) is 0 Å². The minimum atomic E-state index is -1.000. The van der Waals surface area contributed by atoms with Crippen LogP contribution in [0.3, 0.4) is 0 Å². The highest BCUT2D eigenvalue weighted by Gasteiger charge is 2.40. The number of carboxylic acids is 1. The maximum atomic E-state index is 12.9. The van der Waals surface area contributed by atoms with E-state index in [4.69, 9.17) is 27.9 Å². The Morgan fingerprint density at radius 1 is 1.17 bits per heavy atom. The average Bonchev–Trinajstić information content (AvgIpc) is 2.77. The van der Waals surface area contributed by atoms with Gasteiger partial charge in [-0.2, -0.15) is 0 Å². The standard InChI is InChI=1S/C27H33Cl2NO5/c1-16(11-23(35-15-27(2,3)34)17-7-9-20(28)10-8-17)25-22(18-5-4-6-21(29)12-18)13-19(14-24(31)32)26(33)30-25/h4-10,12,16,19,22-23,25,34H,11,13-15H2,1-3H3,(H,30,33)(H,31,32). The number of ether oxygens (including phenoxy) is 1. The van der Waals surface area contributed by atoms with Crippen LogP contribution in [0.15, 0.2) is 48.5 Å². The van der Waals surface area contributed by atoms with Crippen molar-refractivity contribution < 1.29 is 24.5 Å². The van der Waals surface area contributed by atoms with E-state index in [1.807, 2.05) is 30.3 Å². The zero-order valence-corrected chi connectivity index (χ0v) is 21.7. The van der Waals surface area contributed by atoms with Crippen molar-refractivity contribution in [3.05, 3.63) is 69.7 Å². The SMILES string of the molecule is CC(CC(OCC(C)(C)O)c1ccc(Cl)cc1)C1NC(=O)C(CC(=O)O)CC1c1cccc(Cl)c1. The van der Waals surface area contributed by atoms with Crippen LogP contribution in [-0.2, 0) is 14.3 Å². The Kier molecular flexibility index (Phi) is 9.22. The summed E-state index contributed by atoms with van der Waals surface area (Å²) in [5, 5.41) is 23.8. The molecule has 2 aromatic rings. The number of hydrogen-bond donors (Lipinski definition) is 3. The van der Waals surface area contributed by atoms with Crippen molar-refractivity contribution in [2.24, 2.45) is 11.8 Å². The number of hydrogen-bond acceptors (Lipinski definition) is 4. The molecule has 1 aliphatic heterocycles. The molecule has 0 aromatic heterocycles. The quantitative estimate of drug-likeness (QED) is 0.377. The molecule has 0 spiro atoms. The number of piperidine rings is 1. The van der Waals surface area contributed by atoms with E-state index >= 15 is 0 Å². The second kappa shape index (κ2) is 11.7. The maximum Gasteiger partial charge on any atom is 0.304 e. The molecule has 6 nitrogen and oxygen atoms in total. The molecule has 1 amide bonds. The van der Waals surface area contributed by atoms with Crippen LogP contribution in [0, 0.1) is 11.8 Å². The van der Waals surface area contributed by atoms with Crippen LogP contribution in [0.5, 0.6) is 0 Å². The molecule has 0 aliphatic carbocycles. The lowest BCUT2D eigenvalue weighted by Crippen LogP contribution is -2.52. The normalized spacial score (nSPS) is 22.3. The maximum absolute atomic E-state index is 12.9. The Hall–Kier alpha value is -2.12. The highest BCUT2D eigenvalue weighted by atomic mass is 35.5. The van der Waals surface area contributed by atoms with E-state index in [1.54, 1.807) is 32.0 Å². The summed E-state index contributed by atoms with van der Waals surface area (Å²) in [5.74, 6) is -1.99. The number of carbonyl (C=O) groups excluding carboxylic acids is 1. The molecule has 5 atom stereocenters. The molecule has 1 aliphatic rings. The molecule has 35 heavy (non-hydrogen) atoms. The van der Waals surface area contributed by atoms with Crippen LogP contribution in [0.4, 0.5) is 0 Å². The van der Waals surface area contributed by atoms with E-state index in [0.717, 1.165) is 11.1 Å². The van der Waals surface area contributed by atoms with Gasteiger partial charge in [0.05, 0.1) is 24.7 Å². The zero-order chi connectivity index (χ0) is 25.8. The molecule has 3 N–H and O–H groups in total. The first-order valence-corrected chi connectivity index (χ1v) is 12.6. The zero-order valence-electron chi connectivity index (χ0n) is 20.2. The highest BCUT2D eigenvalue weighted by molar-refractivity contribution is 6.30. The second-order valence-corrected chi connectivity index (χ2v) is 11.0. The van der Waals surface area contributed by atoms with Crippen molar-refractivity contribution in [2.45, 2.75) is 63.7 Å². The number of halogens is 2. The van der Waals surface area contributed by atoms with Crippen molar-refractivity contribution >= 4 is 35.1 Å². The summed E-state index contributed by atoms with van der Waals surface area (Å²) in [4.78, 5) is 24.2. The number of aliphatic hydroxyl groups is 1. The molecule has 0 bridgehead atoms. The largest absolute Gasteiger partial charge is 0.481 e. The van der Waals surface area contributed by atoms with E-state index < -0.39 is 17.5 Å². The summed E-state index contributed by atoms with van der Waals surface area (Å²) < 4.78 is 6.15. The van der Waals surface area contributed by atoms with Gasteiger partial charge in [0.25, 0.3) is 0 Å². The Labute approximate surface area is 216 Å². The van der Waals surface area contributed by atoms with Crippen LogP contribution < -0.4 is 5.32 Å². The fourth-order valence-electron chi connectivity index (χ4n) is 4.72. The smallest absolute Gasteiger partial charge is 0.304 e. The van der Waals surface area contributed by atoms with Gasteiger partial charge in [-0.25, -0.2) is 0 Å². The number of aliphatic carboxylic acids is 1. The number of amides is 1. The Morgan fingerprint density at radius 3 is 2.46 bits per heavy atom. The summed E-state index contributed by atoms with van der Waals surface area (Å²) in [6, 6.07) is 14.7. The number of nitrogens with one attached hydrogen (secondary N) is 1. The lowest BCUT2D eigenvalue weighted by molar-refractivity contribution is -0.142. The summed E-state index contributed by atoms with van der Waals surface area (Å²) in [6.45, 7) is 5.57. The van der Waals surface area contributed by atoms with Gasteiger partial charge in [-0.3, -0.25) is 9.59 Å². The first kappa shape index (κ1) is 27.5. The van der Waals surface area contributed by atoms with Gasteiger partial charge < -0.3 is 20.3 Å². The van der Waals surface area contributed by atoms with E-state index in [-0.39, 0.29) is 42.9 Å². The molecule has 8 heteroatoms. The summed E-state index contributed by atoms with van der Waals surface area (Å²) in [7, 11) is 0. The Morgan fingerprint density at radius 2 is 1.86 bits per heavy atom. The first-order chi connectivity index (χ1) is 16.4. The topological polar surface area (TPSA) is 95.9 Å². The van der Waals surface area contributed by atoms with E-state index in [0.29, 0.717) is 22.9 Å². The number of rotatable bonds is 10. The van der Waals surface area contributed by atoms with Crippen molar-refractivity contribution in [1.29, 1.82) is 0 Å². The highest BCUT2D eigenvalue weighted by Crippen LogP contribution is 2.39. The van der Waals surface area contributed by atoms with Crippen molar-refractivity contribution in [1.82, 2.24) is 5.32 Å². The fourth-order valence-corrected chi connectivity index (χ4v) is 5.04. The van der Waals surface area contributed by atoms with Gasteiger partial charge in [-0.15, -0.1) is 0 Å². The molecular weight excluding hydrogens is 489 g/mol. The third-order valence-electron chi connectivity index (χ3n) is 6.43. The predicted molar refractivity (Wildman–Crippen MR) is 137 cm³/mol. The molecule has 0 saturated carbocycles. The molecule has 3 rings (SSSR count). The van der Waals surface area contributed by atoms with E-state index in [2.05, 4.69) is 12.2 Å². The van der Waals surface area contributed by atoms with Gasteiger partial charge in [0.2, 0.25) is 5.91 Å². The number of benzene rings is 2. The molecular formula is C27H33Cl2NO5. The van der Waals surface area contributed by atoms with Gasteiger partial charge in [0.1, 0.15) is 0 Å². The summed E-state index contributed by atoms with van der Waals surface area (Å²) >= 11 is 12.3. The number of carbonyl (C=O) groups is 2. The fraction of sp³-hybridized carbons (Fsp3) is 0.481. The van der Waals surface area contributed by atoms with Gasteiger partial charge in [-0.1, -0.05) is 54.4 Å². The Bertz CT molecular complexity index is 1020. The van der Waals surface area contributed by atoms with Crippen molar-refractivity contribution in [2.75, 3.05) is 6.61 Å². The van der Waals surface area contributed by atoms with Crippen LogP contribution in [0.1, 0.15) is 63.2 Å². The van der Waals surface area contributed by atoms with E-state index in [1.165, 1.54) is 0 Å². The summed E-state index contributed by atoms with van der Waals surface area (Å²) in [5.41, 5.74) is 0.890. The van der Waals surface area contributed by atoms with Gasteiger partial charge in [-0.05, 0) is 68.0 Å². The molecule has 5 unspecified atom stereocenters. The molecule has 2 aromatic carbocycles. The van der Waals surface area contributed by atoms with Crippen molar-refractivity contribution in [3.8, 4) is 0 Å². The van der Waals surface area contributed by atoms with Crippen LogP contribution in [0.25, 0.3) is 0 Å². The van der Waals surface area contributed by atoms with Gasteiger partial charge in [0.15, 0.2) is 0 Å². The molecule has 1 fully saturated rings. The predicted octanol–water partition coefficient (Wildman–Crippen LogP) is 5.61. The van der Waals surface area contributed by atoms with Gasteiger partial charge >= 0.3 is 5.97 Å². The monoisotopic (exact) mass is 521 g/mol. The lowest BCUT2D eigenvalue weighted by atomic mass is 9.73. The van der Waals surface area contributed by atoms with Crippen LogP contribution in [-0.4, -0.2) is 40.3 Å². The second-order valence-electron chi connectivity index (χ2n) is 10.1. The van der Waals surface area contributed by atoms with Crippen LogP contribution >= 0.6 is 23.2 Å². The molecule has 0 radical (unpaired) electrons. The molecule has 1 heterocycles. The minimum Gasteiger partial charge on any atom is -0.481 e. The lowest BCUT2D eigenvalue weighted by Gasteiger charge is -2.40. The average molecular weight is 522 g/mol. The third-order valence-corrected chi connectivity index (χ3v) is 6.92. The summed E-state index contributed by atoms with van der Waals surface area (Å²) in [6.07, 6.45) is 0.446. The minimum absolute atomic E-state index is 0.0313. The third kappa shape index (κ3) is 7.94. The number of carboxylic acid groups (broad SMARTS) is 1. The molecule has 1 saturated heterocycles. The Balaban J connectivity index is 1.88. The van der Waals surface area contributed by atoms with Crippen LogP contribution in [0.2, 0.25) is 10.0 Å². The first-order valence-electron chi connectivity index (χ1n) is 11.8. The van der Waals surface area contributed by atoms with Gasteiger partial charge in [0, 0.05) is 27.9 Å². The van der Waals surface area contributed by atoms with E-state index in [9.17, 15) is 19.8 Å².